The molecule has 0 aliphatic carbocycles. The highest BCUT2D eigenvalue weighted by Gasteiger charge is 2.20. The summed E-state index contributed by atoms with van der Waals surface area (Å²) in [6.45, 7) is 0. The van der Waals surface area contributed by atoms with Gasteiger partial charge < -0.3 is 0 Å². The van der Waals surface area contributed by atoms with Crippen LogP contribution in [0.5, 0.6) is 0 Å². The summed E-state index contributed by atoms with van der Waals surface area (Å²) in [6, 6.07) is 22.0. The second-order valence-corrected chi connectivity index (χ2v) is 8.64. The Kier molecular flexibility index (Phi) is 5.41. The monoisotopic (exact) mass is 482 g/mol. The zero-order valence-corrected chi connectivity index (χ0v) is 16.8. The Morgan fingerprint density at radius 3 is 1.28 bits per heavy atom. The first-order chi connectivity index (χ1) is 11.8. The van der Waals surface area contributed by atoms with Crippen molar-refractivity contribution in [1.82, 2.24) is 0 Å². The minimum atomic E-state index is -4.21. The van der Waals surface area contributed by atoms with E-state index in [1.54, 1.807) is 12.1 Å². The Bertz CT molecular complexity index is 925. The average molecular weight is 484 g/mol. The quantitative estimate of drug-likeness (QED) is 0.531. The first-order valence-corrected chi connectivity index (χ1v) is 10.3. The maximum atomic E-state index is 11.3. The third-order valence-electron chi connectivity index (χ3n) is 3.71. The highest BCUT2D eigenvalue weighted by Crippen LogP contribution is 2.20. The Morgan fingerprint density at radius 2 is 0.960 bits per heavy atom. The summed E-state index contributed by atoms with van der Waals surface area (Å²) in [4.78, 5) is 0.851. The number of halogens is 2. The number of hydrogen-bond donors (Lipinski definition) is 2. The summed E-state index contributed by atoms with van der Waals surface area (Å²) in [5.41, 5.74) is 2.87. The second kappa shape index (κ2) is 7.39. The zero-order chi connectivity index (χ0) is 18.0. The molecule has 0 radical (unpaired) electrons. The van der Waals surface area contributed by atoms with Crippen LogP contribution in [0.15, 0.2) is 86.6 Å². The van der Waals surface area contributed by atoms with Crippen LogP contribution in [0.2, 0.25) is 0 Å². The summed E-state index contributed by atoms with van der Waals surface area (Å²) in [5, 5.41) is 0. The minimum Gasteiger partial charge on any atom is -0.282 e. The number of rotatable bonds is 4. The number of hydrogen-bond acceptors (Lipinski definition) is 2. The van der Waals surface area contributed by atoms with E-state index < -0.39 is 10.1 Å². The van der Waals surface area contributed by atoms with Crippen molar-refractivity contribution in [3.05, 3.63) is 81.7 Å². The summed E-state index contributed by atoms with van der Waals surface area (Å²) >= 11 is 6.88. The highest BCUT2D eigenvalue weighted by molar-refractivity contribution is 9.10. The van der Waals surface area contributed by atoms with E-state index in [-0.39, 0.29) is 4.90 Å². The van der Waals surface area contributed by atoms with Gasteiger partial charge in [-0.25, -0.2) is 4.90 Å². The van der Waals surface area contributed by atoms with Gasteiger partial charge in [-0.15, -0.1) is 0 Å². The third-order valence-corrected chi connectivity index (χ3v) is 5.63. The molecule has 0 aliphatic rings. The number of nitrogens with one attached hydrogen (secondary N) is 1. The van der Waals surface area contributed by atoms with Crippen LogP contribution in [-0.2, 0) is 10.1 Å². The van der Waals surface area contributed by atoms with Crippen molar-refractivity contribution >= 4 is 59.0 Å². The third kappa shape index (κ3) is 4.37. The van der Waals surface area contributed by atoms with Gasteiger partial charge in [-0.1, -0.05) is 31.9 Å². The molecule has 0 amide bonds. The molecule has 0 spiro atoms. The van der Waals surface area contributed by atoms with Crippen LogP contribution < -0.4 is 4.90 Å². The SMILES string of the molecule is O=S(=O)(O)c1ccc([NH+](c2ccc(Br)cc2)c2ccc(Br)cc2)cc1. The molecule has 3 aromatic carbocycles. The molecule has 0 saturated carbocycles. The summed E-state index contributed by atoms with van der Waals surface area (Å²) in [6.07, 6.45) is 0. The zero-order valence-electron chi connectivity index (χ0n) is 12.9. The molecule has 0 aliphatic heterocycles. The normalized spacial score (nSPS) is 11.7. The Hall–Kier alpha value is -1.51. The van der Waals surface area contributed by atoms with Gasteiger partial charge in [0.2, 0.25) is 0 Å². The molecule has 7 heteroatoms. The van der Waals surface area contributed by atoms with Crippen LogP contribution in [0.3, 0.4) is 0 Å². The van der Waals surface area contributed by atoms with E-state index in [0.717, 1.165) is 30.9 Å². The highest BCUT2D eigenvalue weighted by atomic mass is 79.9. The predicted octanol–water partition coefficient (Wildman–Crippen LogP) is 4.64. The lowest BCUT2D eigenvalue weighted by Gasteiger charge is -2.18. The van der Waals surface area contributed by atoms with Gasteiger partial charge in [0, 0.05) is 45.3 Å². The molecule has 2 N–H and O–H groups in total. The maximum absolute atomic E-state index is 11.3. The topological polar surface area (TPSA) is 58.8 Å². The van der Waals surface area contributed by atoms with Crippen molar-refractivity contribution in [3.63, 3.8) is 0 Å². The Balaban J connectivity index is 2.10. The largest absolute Gasteiger partial charge is 0.294 e. The molecule has 3 rings (SSSR count). The van der Waals surface area contributed by atoms with Gasteiger partial charge in [0.15, 0.2) is 0 Å². The molecule has 0 fully saturated rings. The molecule has 0 bridgehead atoms. The molecule has 128 valence electrons. The number of quaternary nitrogens is 1. The molecular formula is C18H14Br2NO3S+. The van der Waals surface area contributed by atoms with E-state index >= 15 is 0 Å². The van der Waals surface area contributed by atoms with Gasteiger partial charge in [-0.2, -0.15) is 8.42 Å². The molecular weight excluding hydrogens is 470 g/mol. The van der Waals surface area contributed by atoms with E-state index in [9.17, 15) is 8.42 Å². The number of benzene rings is 3. The Labute approximate surface area is 163 Å². The van der Waals surface area contributed by atoms with E-state index in [1.807, 2.05) is 48.5 Å². The summed E-state index contributed by atoms with van der Waals surface area (Å²) in [7, 11) is -4.21. The van der Waals surface area contributed by atoms with E-state index in [0.29, 0.717) is 0 Å². The van der Waals surface area contributed by atoms with Crippen LogP contribution in [-0.4, -0.2) is 13.0 Å². The van der Waals surface area contributed by atoms with Gasteiger partial charge >= 0.3 is 0 Å². The first-order valence-electron chi connectivity index (χ1n) is 7.31. The van der Waals surface area contributed by atoms with Gasteiger partial charge in [0.1, 0.15) is 17.1 Å². The molecule has 0 saturated heterocycles. The molecule has 3 aromatic rings. The van der Waals surface area contributed by atoms with Gasteiger partial charge in [0.05, 0.1) is 4.90 Å². The van der Waals surface area contributed by atoms with Crippen LogP contribution in [0.25, 0.3) is 0 Å². The van der Waals surface area contributed by atoms with Crippen LogP contribution in [0, 0.1) is 0 Å². The molecule has 0 atom stereocenters. The minimum absolute atomic E-state index is 0.123. The molecule has 0 heterocycles. The van der Waals surface area contributed by atoms with Crippen LogP contribution >= 0.6 is 31.9 Å². The second-order valence-electron chi connectivity index (χ2n) is 5.39. The van der Waals surface area contributed by atoms with Gasteiger partial charge in [-0.3, -0.25) is 4.55 Å². The molecule has 0 unspecified atom stereocenters. The lowest BCUT2D eigenvalue weighted by atomic mass is 10.2. The van der Waals surface area contributed by atoms with Gasteiger partial charge in [0.25, 0.3) is 10.1 Å². The fraction of sp³-hybridized carbons (Fsp3) is 0. The average Bonchev–Trinajstić information content (AvgIpc) is 2.58. The van der Waals surface area contributed by atoms with Crippen molar-refractivity contribution in [2.24, 2.45) is 0 Å². The smallest absolute Gasteiger partial charge is 0.282 e. The van der Waals surface area contributed by atoms with Crippen LogP contribution in [0.1, 0.15) is 0 Å². The molecule has 4 nitrogen and oxygen atoms in total. The lowest BCUT2D eigenvalue weighted by molar-refractivity contribution is -0.681. The fourth-order valence-corrected chi connectivity index (χ4v) is 3.54. The van der Waals surface area contributed by atoms with Crippen molar-refractivity contribution < 1.29 is 17.9 Å². The standard InChI is InChI=1S/C18H13Br2NO3S/c19-13-1-5-15(6-2-13)21(16-7-3-14(20)4-8-16)17-9-11-18(12-10-17)25(22,23)24/h1-12H,(H,22,23,24)/p+1. The van der Waals surface area contributed by atoms with E-state index in [2.05, 4.69) is 31.9 Å². The van der Waals surface area contributed by atoms with E-state index in [4.69, 9.17) is 4.55 Å². The van der Waals surface area contributed by atoms with E-state index in [1.165, 1.54) is 12.1 Å². The van der Waals surface area contributed by atoms with Crippen LogP contribution in [0.4, 0.5) is 17.1 Å². The van der Waals surface area contributed by atoms with Crippen molar-refractivity contribution in [2.75, 3.05) is 0 Å². The summed E-state index contributed by atoms with van der Waals surface area (Å²) < 4.78 is 33.7. The predicted molar refractivity (Wildman–Crippen MR) is 104 cm³/mol. The first kappa shape index (κ1) is 18.3. The van der Waals surface area contributed by atoms with Crippen molar-refractivity contribution in [3.8, 4) is 0 Å². The molecule has 0 aromatic heterocycles. The molecule has 25 heavy (non-hydrogen) atoms. The maximum Gasteiger partial charge on any atom is 0.294 e. The van der Waals surface area contributed by atoms with Gasteiger partial charge in [-0.05, 0) is 36.4 Å². The summed E-state index contributed by atoms with van der Waals surface area (Å²) in [5.74, 6) is 0. The van der Waals surface area contributed by atoms with Crippen molar-refractivity contribution in [2.45, 2.75) is 4.90 Å². The van der Waals surface area contributed by atoms with Crippen molar-refractivity contribution in [1.29, 1.82) is 0 Å². The lowest BCUT2D eigenvalue weighted by Crippen LogP contribution is -2.96. The fourth-order valence-electron chi connectivity index (χ4n) is 2.53. The Morgan fingerprint density at radius 1 is 0.640 bits per heavy atom.